The Kier molecular flexibility index (Phi) is 5.54. The number of piperazine rings is 1. The monoisotopic (exact) mass is 308 g/mol. The third-order valence-corrected chi connectivity index (χ3v) is 4.68. The zero-order valence-corrected chi connectivity index (χ0v) is 13.0. The molecule has 0 aromatic rings. The molecule has 0 aromatic carbocycles. The van der Waals surface area contributed by atoms with Crippen molar-refractivity contribution in [3.8, 4) is 0 Å². The van der Waals surface area contributed by atoms with Crippen LogP contribution in [0.5, 0.6) is 0 Å². The van der Waals surface area contributed by atoms with Gasteiger partial charge in [0.1, 0.15) is 6.61 Å². The van der Waals surface area contributed by atoms with Gasteiger partial charge in [0.05, 0.1) is 6.61 Å². The summed E-state index contributed by atoms with van der Waals surface area (Å²) in [6.45, 7) is 5.84. The van der Waals surface area contributed by atoms with E-state index in [1.165, 1.54) is 12.8 Å². The average Bonchev–Trinajstić information content (AvgIpc) is 3.21. The van der Waals surface area contributed by atoms with Crippen molar-refractivity contribution in [2.24, 2.45) is 5.92 Å². The smallest absolute Gasteiger partial charge is 0.371 e. The van der Waals surface area contributed by atoms with Crippen LogP contribution in [0.2, 0.25) is 0 Å². The molecule has 2 unspecified atom stereocenters. The molecule has 1 aliphatic heterocycles. The zero-order chi connectivity index (χ0) is 15.5. The van der Waals surface area contributed by atoms with Gasteiger partial charge in [0.15, 0.2) is 0 Å². The van der Waals surface area contributed by atoms with Gasteiger partial charge in [-0.25, -0.2) is 0 Å². The quantitative estimate of drug-likeness (QED) is 0.732. The van der Waals surface area contributed by atoms with Crippen LogP contribution in [0.25, 0.3) is 0 Å². The first-order valence-electron chi connectivity index (χ1n) is 7.97. The lowest BCUT2D eigenvalue weighted by molar-refractivity contribution is -0.175. The molecule has 2 rings (SSSR count). The number of ether oxygens (including phenoxy) is 1. The summed E-state index contributed by atoms with van der Waals surface area (Å²) in [6, 6.07) is 0.413. The standard InChI is InChI=1S/C15H27F3N2O/c1-3-4-13-9-19-14(2,12-5-6-12)10-20(13)7-8-21-11-15(16,17)18/h12-13,19H,3-11H2,1-2H3. The molecule has 1 saturated carbocycles. The fourth-order valence-corrected chi connectivity index (χ4v) is 3.33. The molecule has 1 saturated heterocycles. The number of rotatable bonds is 7. The van der Waals surface area contributed by atoms with Crippen molar-refractivity contribution in [2.45, 2.75) is 57.3 Å². The molecule has 0 radical (unpaired) electrons. The van der Waals surface area contributed by atoms with Gasteiger partial charge in [0, 0.05) is 31.2 Å². The molecule has 2 aliphatic rings. The largest absolute Gasteiger partial charge is 0.411 e. The third-order valence-electron chi connectivity index (χ3n) is 4.68. The van der Waals surface area contributed by atoms with Crippen molar-refractivity contribution in [1.29, 1.82) is 0 Å². The predicted molar refractivity (Wildman–Crippen MR) is 76.3 cm³/mol. The summed E-state index contributed by atoms with van der Waals surface area (Å²) in [7, 11) is 0. The summed E-state index contributed by atoms with van der Waals surface area (Å²) in [5, 5.41) is 3.67. The average molecular weight is 308 g/mol. The molecule has 1 heterocycles. The van der Waals surface area contributed by atoms with Crippen LogP contribution in [0.4, 0.5) is 13.2 Å². The van der Waals surface area contributed by atoms with E-state index in [0.717, 1.165) is 31.8 Å². The van der Waals surface area contributed by atoms with Crippen LogP contribution >= 0.6 is 0 Å². The van der Waals surface area contributed by atoms with E-state index in [4.69, 9.17) is 4.74 Å². The van der Waals surface area contributed by atoms with Crippen molar-refractivity contribution in [2.75, 3.05) is 32.8 Å². The predicted octanol–water partition coefficient (Wildman–Crippen LogP) is 2.81. The normalized spacial score (nSPS) is 31.6. The van der Waals surface area contributed by atoms with Crippen LogP contribution < -0.4 is 5.32 Å². The Balaban J connectivity index is 1.82. The molecule has 0 spiro atoms. The zero-order valence-electron chi connectivity index (χ0n) is 13.0. The molecule has 6 heteroatoms. The summed E-state index contributed by atoms with van der Waals surface area (Å²) in [4.78, 5) is 2.33. The second kappa shape index (κ2) is 6.84. The molecule has 1 aliphatic carbocycles. The van der Waals surface area contributed by atoms with Gasteiger partial charge in [-0.3, -0.25) is 4.90 Å². The number of hydrogen-bond acceptors (Lipinski definition) is 3. The van der Waals surface area contributed by atoms with Gasteiger partial charge in [-0.1, -0.05) is 13.3 Å². The van der Waals surface area contributed by atoms with Crippen LogP contribution in [-0.2, 0) is 4.74 Å². The summed E-state index contributed by atoms with van der Waals surface area (Å²) < 4.78 is 41.1. The van der Waals surface area contributed by atoms with E-state index in [-0.39, 0.29) is 12.1 Å². The third kappa shape index (κ3) is 5.11. The molecule has 124 valence electrons. The van der Waals surface area contributed by atoms with Gasteiger partial charge in [0.2, 0.25) is 0 Å². The highest BCUT2D eigenvalue weighted by molar-refractivity contribution is 5.04. The highest BCUT2D eigenvalue weighted by Gasteiger charge is 2.45. The highest BCUT2D eigenvalue weighted by Crippen LogP contribution is 2.41. The first-order valence-corrected chi connectivity index (χ1v) is 7.97. The molecule has 21 heavy (non-hydrogen) atoms. The van der Waals surface area contributed by atoms with Crippen molar-refractivity contribution in [3.05, 3.63) is 0 Å². The molecule has 2 atom stereocenters. The molecular formula is C15H27F3N2O. The molecule has 0 amide bonds. The molecular weight excluding hydrogens is 281 g/mol. The molecule has 0 bridgehead atoms. The minimum Gasteiger partial charge on any atom is -0.371 e. The molecule has 3 nitrogen and oxygen atoms in total. The lowest BCUT2D eigenvalue weighted by Gasteiger charge is -2.47. The van der Waals surface area contributed by atoms with E-state index in [1.807, 2.05) is 0 Å². The van der Waals surface area contributed by atoms with E-state index in [1.54, 1.807) is 0 Å². The van der Waals surface area contributed by atoms with E-state index in [0.29, 0.717) is 12.6 Å². The SMILES string of the molecule is CCCC1CNC(C)(C2CC2)CN1CCOCC(F)(F)F. The Morgan fingerprint density at radius 3 is 2.62 bits per heavy atom. The van der Waals surface area contributed by atoms with E-state index in [2.05, 4.69) is 24.1 Å². The van der Waals surface area contributed by atoms with Gasteiger partial charge in [-0.2, -0.15) is 13.2 Å². The van der Waals surface area contributed by atoms with Crippen LogP contribution in [0.3, 0.4) is 0 Å². The van der Waals surface area contributed by atoms with Gasteiger partial charge in [0.25, 0.3) is 0 Å². The van der Waals surface area contributed by atoms with Crippen LogP contribution in [-0.4, -0.2) is 55.5 Å². The topological polar surface area (TPSA) is 24.5 Å². The lowest BCUT2D eigenvalue weighted by Crippen LogP contribution is -2.64. The Labute approximate surface area is 125 Å². The number of nitrogens with zero attached hydrogens (tertiary/aromatic N) is 1. The van der Waals surface area contributed by atoms with E-state index in [9.17, 15) is 13.2 Å². The summed E-state index contributed by atoms with van der Waals surface area (Å²) in [6.07, 6.45) is 0.467. The number of halogens is 3. The first-order chi connectivity index (χ1) is 9.84. The number of hydrogen-bond donors (Lipinski definition) is 1. The lowest BCUT2D eigenvalue weighted by atomic mass is 9.90. The maximum Gasteiger partial charge on any atom is 0.411 e. The van der Waals surface area contributed by atoms with Gasteiger partial charge in [-0.05, 0) is 32.1 Å². The fourth-order valence-electron chi connectivity index (χ4n) is 3.33. The fraction of sp³-hybridized carbons (Fsp3) is 1.00. The van der Waals surface area contributed by atoms with Crippen molar-refractivity contribution in [1.82, 2.24) is 10.2 Å². The molecule has 0 aromatic heterocycles. The molecule has 1 N–H and O–H groups in total. The van der Waals surface area contributed by atoms with Crippen molar-refractivity contribution < 1.29 is 17.9 Å². The number of alkyl halides is 3. The van der Waals surface area contributed by atoms with E-state index < -0.39 is 12.8 Å². The Morgan fingerprint density at radius 2 is 2.05 bits per heavy atom. The van der Waals surface area contributed by atoms with Gasteiger partial charge >= 0.3 is 6.18 Å². The maximum absolute atomic E-state index is 12.1. The van der Waals surface area contributed by atoms with Gasteiger partial charge < -0.3 is 10.1 Å². The van der Waals surface area contributed by atoms with Crippen LogP contribution in [0.1, 0.15) is 39.5 Å². The molecule has 2 fully saturated rings. The van der Waals surface area contributed by atoms with Crippen molar-refractivity contribution in [3.63, 3.8) is 0 Å². The Bertz CT molecular complexity index is 333. The maximum atomic E-state index is 12.1. The summed E-state index contributed by atoms with van der Waals surface area (Å²) in [5.41, 5.74) is 0.119. The second-order valence-electron chi connectivity index (χ2n) is 6.65. The first kappa shape index (κ1) is 17.0. The number of nitrogens with one attached hydrogen (secondary N) is 1. The summed E-state index contributed by atoms with van der Waals surface area (Å²) >= 11 is 0. The Morgan fingerprint density at radius 1 is 1.33 bits per heavy atom. The Hall–Kier alpha value is -0.330. The van der Waals surface area contributed by atoms with Crippen LogP contribution in [0.15, 0.2) is 0 Å². The van der Waals surface area contributed by atoms with Crippen molar-refractivity contribution >= 4 is 0 Å². The van der Waals surface area contributed by atoms with Crippen LogP contribution in [0, 0.1) is 5.92 Å². The minimum absolute atomic E-state index is 0.119. The van der Waals surface area contributed by atoms with E-state index >= 15 is 0 Å². The minimum atomic E-state index is -4.23. The summed E-state index contributed by atoms with van der Waals surface area (Å²) in [5.74, 6) is 0.721. The highest BCUT2D eigenvalue weighted by atomic mass is 19.4. The van der Waals surface area contributed by atoms with Gasteiger partial charge in [-0.15, -0.1) is 0 Å². The second-order valence-corrected chi connectivity index (χ2v) is 6.65.